The summed E-state index contributed by atoms with van der Waals surface area (Å²) in [5, 5.41) is 10.9. The molecule has 0 bridgehead atoms. The number of aromatic nitrogens is 3. The van der Waals surface area contributed by atoms with E-state index in [-0.39, 0.29) is 11.8 Å². The number of hydrogen-bond acceptors (Lipinski definition) is 5. The number of hydrogen-bond donors (Lipinski definition) is 1. The van der Waals surface area contributed by atoms with Crippen LogP contribution in [0.25, 0.3) is 0 Å². The summed E-state index contributed by atoms with van der Waals surface area (Å²) in [7, 11) is 3.90. The second-order valence-corrected chi connectivity index (χ2v) is 7.42. The lowest BCUT2D eigenvalue weighted by molar-refractivity contribution is -0.136. The van der Waals surface area contributed by atoms with Crippen molar-refractivity contribution in [1.29, 1.82) is 0 Å². The molecule has 0 saturated heterocycles. The van der Waals surface area contributed by atoms with Crippen molar-refractivity contribution in [2.75, 3.05) is 26.4 Å². The van der Waals surface area contributed by atoms with Crippen LogP contribution in [0.15, 0.2) is 35.5 Å². The third-order valence-corrected chi connectivity index (χ3v) is 5.02. The van der Waals surface area contributed by atoms with Gasteiger partial charge in [0, 0.05) is 0 Å². The predicted molar refractivity (Wildman–Crippen MR) is 102 cm³/mol. The Kier molecular flexibility index (Phi) is 7.88. The third-order valence-electron chi connectivity index (χ3n) is 4.06. The first kappa shape index (κ1) is 22.2. The molecule has 1 atom stereocenters. The topological polar surface area (TPSA) is 63.1 Å². The number of carbonyl (C=O) groups excluding carboxylic acids is 1. The third kappa shape index (κ3) is 6.52. The van der Waals surface area contributed by atoms with E-state index in [1.807, 2.05) is 66.1 Å². The highest BCUT2D eigenvalue weighted by Gasteiger charge is 2.28. The van der Waals surface area contributed by atoms with Gasteiger partial charge >= 0.3 is 6.18 Å². The van der Waals surface area contributed by atoms with Crippen LogP contribution >= 0.6 is 11.8 Å². The van der Waals surface area contributed by atoms with Gasteiger partial charge in [-0.25, -0.2) is 0 Å². The number of carbonyl (C=O) groups is 1. The summed E-state index contributed by atoms with van der Waals surface area (Å²) >= 11 is 1.08. The Morgan fingerprint density at radius 2 is 1.93 bits per heavy atom. The van der Waals surface area contributed by atoms with Gasteiger partial charge in [0.1, 0.15) is 6.54 Å². The fourth-order valence-corrected chi connectivity index (χ4v) is 3.50. The number of nitrogens with one attached hydrogen (secondary N) is 1. The number of amides is 1. The van der Waals surface area contributed by atoms with Crippen LogP contribution in [0.1, 0.15) is 30.8 Å². The smallest absolute Gasteiger partial charge is 0.346 e. The molecule has 28 heavy (non-hydrogen) atoms. The van der Waals surface area contributed by atoms with E-state index in [2.05, 4.69) is 10.2 Å². The molecule has 1 unspecified atom stereocenters. The molecule has 2 aromatic rings. The maximum Gasteiger partial charge on any atom is 0.405 e. The minimum Gasteiger partial charge on any atom is -0.346 e. The number of benzene rings is 1. The van der Waals surface area contributed by atoms with Crippen molar-refractivity contribution < 1.29 is 18.0 Å². The number of halogens is 3. The molecule has 1 N–H and O–H groups in total. The molecule has 0 spiro atoms. The van der Waals surface area contributed by atoms with Crippen LogP contribution in [0.4, 0.5) is 13.2 Å². The molecule has 1 aromatic carbocycles. The van der Waals surface area contributed by atoms with Gasteiger partial charge in [0.15, 0.2) is 11.0 Å². The first-order chi connectivity index (χ1) is 13.2. The Morgan fingerprint density at radius 1 is 1.25 bits per heavy atom. The van der Waals surface area contributed by atoms with Crippen LogP contribution in [-0.4, -0.2) is 58.1 Å². The van der Waals surface area contributed by atoms with E-state index in [1.165, 1.54) is 0 Å². The van der Waals surface area contributed by atoms with Crippen molar-refractivity contribution in [2.45, 2.75) is 37.3 Å². The predicted octanol–water partition coefficient (Wildman–Crippen LogP) is 3.11. The highest BCUT2D eigenvalue weighted by atomic mass is 32.2. The van der Waals surface area contributed by atoms with Gasteiger partial charge in [-0.15, -0.1) is 10.2 Å². The van der Waals surface area contributed by atoms with Crippen LogP contribution in [0, 0.1) is 0 Å². The zero-order chi connectivity index (χ0) is 20.7. The lowest BCUT2D eigenvalue weighted by atomic mass is 10.2. The molecule has 1 heterocycles. The molecular formula is C18H24F3N5OS. The second-order valence-electron chi connectivity index (χ2n) is 6.48. The van der Waals surface area contributed by atoms with Gasteiger partial charge in [-0.3, -0.25) is 9.69 Å². The lowest BCUT2D eigenvalue weighted by Crippen LogP contribution is -2.34. The average Bonchev–Trinajstić information content (AvgIpc) is 3.01. The summed E-state index contributed by atoms with van der Waals surface area (Å²) in [4.78, 5) is 13.8. The standard InChI is InChI=1S/C18H24F3N5OS/c1-4-14(25(2)3)16-23-24-17(26(16)10-13-8-6-5-7-9-13)28-11-15(27)22-12-18(19,20)21/h5-9,14H,4,10-12H2,1-3H3,(H,22,27). The second kappa shape index (κ2) is 9.92. The van der Waals surface area contributed by atoms with E-state index in [9.17, 15) is 18.0 Å². The van der Waals surface area contributed by atoms with Gasteiger partial charge in [-0.05, 0) is 26.1 Å². The SMILES string of the molecule is CCC(c1nnc(SCC(=O)NCC(F)(F)F)n1Cc1ccccc1)N(C)C. The highest BCUT2D eigenvalue weighted by Crippen LogP contribution is 2.26. The molecule has 0 aliphatic heterocycles. The Morgan fingerprint density at radius 3 is 2.50 bits per heavy atom. The van der Waals surface area contributed by atoms with E-state index < -0.39 is 18.6 Å². The number of rotatable bonds is 9. The van der Waals surface area contributed by atoms with Gasteiger partial charge in [-0.2, -0.15) is 13.2 Å². The molecular weight excluding hydrogens is 391 g/mol. The summed E-state index contributed by atoms with van der Waals surface area (Å²) in [6.45, 7) is 1.22. The molecule has 1 aromatic heterocycles. The van der Waals surface area contributed by atoms with E-state index in [0.717, 1.165) is 29.6 Å². The van der Waals surface area contributed by atoms with E-state index in [4.69, 9.17) is 0 Å². The van der Waals surface area contributed by atoms with Crippen molar-refractivity contribution >= 4 is 17.7 Å². The van der Waals surface area contributed by atoms with Crippen molar-refractivity contribution in [1.82, 2.24) is 25.0 Å². The summed E-state index contributed by atoms with van der Waals surface area (Å²) in [5.74, 6) is -0.103. The minimum absolute atomic E-state index is 0.0321. The summed E-state index contributed by atoms with van der Waals surface area (Å²) in [6, 6.07) is 9.77. The maximum atomic E-state index is 12.2. The Balaban J connectivity index is 2.18. The Hall–Kier alpha value is -2.07. The minimum atomic E-state index is -4.43. The molecule has 6 nitrogen and oxygen atoms in total. The van der Waals surface area contributed by atoms with E-state index in [1.54, 1.807) is 0 Å². The van der Waals surface area contributed by atoms with Gasteiger partial charge in [0.25, 0.3) is 0 Å². The van der Waals surface area contributed by atoms with E-state index in [0.29, 0.717) is 11.7 Å². The van der Waals surface area contributed by atoms with Gasteiger partial charge in [-0.1, -0.05) is 49.0 Å². The lowest BCUT2D eigenvalue weighted by Gasteiger charge is -2.23. The van der Waals surface area contributed by atoms with Crippen LogP contribution in [0.5, 0.6) is 0 Å². The van der Waals surface area contributed by atoms with Crippen LogP contribution < -0.4 is 5.32 Å². The first-order valence-corrected chi connectivity index (χ1v) is 9.79. The molecule has 0 saturated carbocycles. The zero-order valence-electron chi connectivity index (χ0n) is 16.0. The molecule has 1 amide bonds. The normalized spacial score (nSPS) is 13.0. The molecule has 10 heteroatoms. The van der Waals surface area contributed by atoms with Crippen molar-refractivity contribution in [3.63, 3.8) is 0 Å². The average molecular weight is 415 g/mol. The van der Waals surface area contributed by atoms with Crippen LogP contribution in [0.3, 0.4) is 0 Å². The summed E-state index contributed by atoms with van der Waals surface area (Å²) in [5.41, 5.74) is 1.04. The van der Waals surface area contributed by atoms with Crippen molar-refractivity contribution in [3.8, 4) is 0 Å². The first-order valence-electron chi connectivity index (χ1n) is 8.81. The number of thioether (sulfide) groups is 1. The molecule has 154 valence electrons. The van der Waals surface area contributed by atoms with Crippen molar-refractivity contribution in [2.24, 2.45) is 0 Å². The van der Waals surface area contributed by atoms with Crippen LogP contribution in [0.2, 0.25) is 0 Å². The van der Waals surface area contributed by atoms with Crippen molar-refractivity contribution in [3.05, 3.63) is 41.7 Å². The fourth-order valence-electron chi connectivity index (χ4n) is 2.73. The molecule has 0 aliphatic carbocycles. The van der Waals surface area contributed by atoms with Gasteiger partial charge < -0.3 is 9.88 Å². The van der Waals surface area contributed by atoms with E-state index >= 15 is 0 Å². The number of nitrogens with zero attached hydrogens (tertiary/aromatic N) is 4. The molecule has 0 fully saturated rings. The van der Waals surface area contributed by atoms with Crippen LogP contribution in [-0.2, 0) is 11.3 Å². The largest absolute Gasteiger partial charge is 0.405 e. The quantitative estimate of drug-likeness (QED) is 0.638. The fraction of sp³-hybridized carbons (Fsp3) is 0.500. The number of alkyl halides is 3. The molecule has 0 aliphatic rings. The Labute approximate surface area is 166 Å². The van der Waals surface area contributed by atoms with Gasteiger partial charge in [0.05, 0.1) is 18.3 Å². The highest BCUT2D eigenvalue weighted by molar-refractivity contribution is 7.99. The zero-order valence-corrected chi connectivity index (χ0v) is 16.8. The Bertz CT molecular complexity index is 764. The molecule has 0 radical (unpaired) electrons. The molecule has 2 rings (SSSR count). The van der Waals surface area contributed by atoms with Gasteiger partial charge in [0.2, 0.25) is 5.91 Å². The summed E-state index contributed by atoms with van der Waals surface area (Å²) in [6.07, 6.45) is -3.61. The maximum absolute atomic E-state index is 12.2. The summed E-state index contributed by atoms with van der Waals surface area (Å²) < 4.78 is 38.6. The monoisotopic (exact) mass is 415 g/mol.